The summed E-state index contributed by atoms with van der Waals surface area (Å²) >= 11 is 5.17. The Morgan fingerprint density at radius 2 is 1.92 bits per heavy atom. The highest BCUT2D eigenvalue weighted by atomic mass is 79.9. The summed E-state index contributed by atoms with van der Waals surface area (Å²) < 4.78 is 8.73. The molecule has 37 heavy (non-hydrogen) atoms. The number of halogens is 1. The number of para-hydroxylation sites is 1. The lowest BCUT2D eigenvalue weighted by molar-refractivity contribution is 0.0948. The summed E-state index contributed by atoms with van der Waals surface area (Å²) in [5, 5.41) is 4.97. The van der Waals surface area contributed by atoms with E-state index in [0.717, 1.165) is 75.1 Å². The Bertz CT molecular complexity index is 1580. The quantitative estimate of drug-likeness (QED) is 0.204. The van der Waals surface area contributed by atoms with Crippen LogP contribution in [0.1, 0.15) is 50.5 Å². The Labute approximate surface area is 228 Å². The van der Waals surface area contributed by atoms with Crippen molar-refractivity contribution < 1.29 is 9.21 Å². The maximum atomic E-state index is 13.3. The summed E-state index contributed by atoms with van der Waals surface area (Å²) in [6.45, 7) is 1.14. The van der Waals surface area contributed by atoms with Gasteiger partial charge in [-0.2, -0.15) is 0 Å². The number of rotatable bonds is 7. The van der Waals surface area contributed by atoms with Gasteiger partial charge in [0.05, 0.1) is 18.4 Å². The van der Waals surface area contributed by atoms with Crippen LogP contribution >= 0.6 is 27.3 Å². The van der Waals surface area contributed by atoms with Gasteiger partial charge in [-0.05, 0) is 67.1 Å². The van der Waals surface area contributed by atoms with E-state index in [9.17, 15) is 4.79 Å². The Morgan fingerprint density at radius 1 is 1.08 bits per heavy atom. The molecule has 5 nitrogen and oxygen atoms in total. The number of furan rings is 1. The molecule has 0 atom stereocenters. The van der Waals surface area contributed by atoms with E-state index in [1.165, 1.54) is 10.4 Å². The Balaban J connectivity index is 1.33. The zero-order chi connectivity index (χ0) is 25.2. The molecule has 7 heteroatoms. The minimum atomic E-state index is -0.0828. The van der Waals surface area contributed by atoms with Gasteiger partial charge >= 0.3 is 0 Å². The number of aromatic nitrogens is 1. The summed E-state index contributed by atoms with van der Waals surface area (Å²) in [5.74, 6) is 0.654. The van der Waals surface area contributed by atoms with Gasteiger partial charge in [0.15, 0.2) is 0 Å². The second-order valence-electron chi connectivity index (χ2n) is 9.27. The van der Waals surface area contributed by atoms with E-state index in [0.29, 0.717) is 6.54 Å². The number of aliphatic imine (C=N–C) groups is 1. The molecule has 3 heterocycles. The molecule has 186 valence electrons. The smallest absolute Gasteiger partial charge is 0.255 e. The van der Waals surface area contributed by atoms with Crippen LogP contribution in [0.3, 0.4) is 0 Å². The van der Waals surface area contributed by atoms with Gasteiger partial charge in [-0.1, -0.05) is 46.3 Å². The van der Waals surface area contributed by atoms with Crippen molar-refractivity contribution in [2.45, 2.75) is 38.8 Å². The van der Waals surface area contributed by atoms with E-state index in [2.05, 4.69) is 80.5 Å². The number of carbonyl (C=O) groups excluding carboxylic acids is 1. The number of benzene rings is 2. The first-order chi connectivity index (χ1) is 18.2. The fraction of sp³-hybridized carbons (Fsp3) is 0.200. The highest BCUT2D eigenvalue weighted by molar-refractivity contribution is 9.10. The normalized spacial score (nSPS) is 13.3. The third-order valence-corrected chi connectivity index (χ3v) is 8.52. The first kappa shape index (κ1) is 23.9. The molecule has 0 aliphatic heterocycles. The SMILES string of the molecule is O=C(NCc1ccco1)c1c(N=Cc2cn(Cc3ccc(Br)cc3)c3ccccc23)sc2c1CCCC2. The predicted molar refractivity (Wildman–Crippen MR) is 153 cm³/mol. The molecule has 5 aromatic rings. The topological polar surface area (TPSA) is 59.5 Å². The number of hydrogen-bond acceptors (Lipinski definition) is 4. The minimum Gasteiger partial charge on any atom is -0.467 e. The van der Waals surface area contributed by atoms with Gasteiger partial charge in [0.25, 0.3) is 5.91 Å². The molecule has 3 aromatic heterocycles. The molecule has 6 rings (SSSR count). The molecule has 0 bridgehead atoms. The Kier molecular flexibility index (Phi) is 6.81. The van der Waals surface area contributed by atoms with Crippen LogP contribution in [0.15, 0.2) is 87.0 Å². The number of amides is 1. The van der Waals surface area contributed by atoms with Crippen molar-refractivity contribution in [2.75, 3.05) is 0 Å². The molecular formula is C30H26BrN3O2S. The van der Waals surface area contributed by atoms with Gasteiger partial charge in [-0.15, -0.1) is 11.3 Å². The fourth-order valence-corrected chi connectivity index (χ4v) is 6.46. The summed E-state index contributed by atoms with van der Waals surface area (Å²) in [4.78, 5) is 19.5. The number of aryl methyl sites for hydroxylation is 1. The second kappa shape index (κ2) is 10.5. The Morgan fingerprint density at radius 3 is 2.76 bits per heavy atom. The molecule has 0 saturated carbocycles. The number of thiophene rings is 1. The Hall–Kier alpha value is -3.42. The summed E-state index contributed by atoms with van der Waals surface area (Å²) in [6, 6.07) is 20.5. The lowest BCUT2D eigenvalue weighted by Gasteiger charge is -2.12. The standard InChI is InChI=1S/C30H26BrN3O2S/c31-22-13-11-20(12-14-22)18-34-19-21(24-7-1-3-9-26(24)34)16-33-30-28(25-8-2-4-10-27(25)37-30)29(35)32-17-23-6-5-15-36-23/h1,3,5-7,9,11-16,19H,2,4,8,10,17-18H2,(H,32,35). The average Bonchev–Trinajstić information content (AvgIpc) is 3.65. The van der Waals surface area contributed by atoms with Crippen molar-refractivity contribution in [3.63, 3.8) is 0 Å². The van der Waals surface area contributed by atoms with Gasteiger partial charge in [-0.3, -0.25) is 4.79 Å². The van der Waals surface area contributed by atoms with Gasteiger partial charge in [0, 0.05) is 44.8 Å². The first-order valence-corrected chi connectivity index (χ1v) is 14.1. The third-order valence-electron chi connectivity index (χ3n) is 6.79. The van der Waals surface area contributed by atoms with Crippen molar-refractivity contribution in [1.29, 1.82) is 0 Å². The van der Waals surface area contributed by atoms with Crippen LogP contribution < -0.4 is 5.32 Å². The van der Waals surface area contributed by atoms with Crippen LogP contribution in [0.4, 0.5) is 5.00 Å². The van der Waals surface area contributed by atoms with Crippen molar-refractivity contribution in [1.82, 2.24) is 9.88 Å². The second-order valence-corrected chi connectivity index (χ2v) is 11.3. The first-order valence-electron chi connectivity index (χ1n) is 12.5. The van der Waals surface area contributed by atoms with Gasteiger partial charge in [0.1, 0.15) is 10.8 Å². The van der Waals surface area contributed by atoms with Crippen LogP contribution in [0.25, 0.3) is 10.9 Å². The molecule has 2 aromatic carbocycles. The van der Waals surface area contributed by atoms with Crippen LogP contribution in [-0.2, 0) is 25.9 Å². The average molecular weight is 573 g/mol. The zero-order valence-corrected chi connectivity index (χ0v) is 22.6. The van der Waals surface area contributed by atoms with Crippen molar-refractivity contribution in [3.8, 4) is 0 Å². The van der Waals surface area contributed by atoms with Gasteiger partial charge in [0.2, 0.25) is 0 Å². The molecular weight excluding hydrogens is 546 g/mol. The molecule has 1 N–H and O–H groups in total. The molecule has 1 amide bonds. The molecule has 0 fully saturated rings. The highest BCUT2D eigenvalue weighted by Crippen LogP contribution is 2.40. The summed E-state index contributed by atoms with van der Waals surface area (Å²) in [7, 11) is 0. The van der Waals surface area contributed by atoms with Gasteiger partial charge in [-0.25, -0.2) is 4.99 Å². The third kappa shape index (κ3) is 5.06. The van der Waals surface area contributed by atoms with E-state index in [1.807, 2.05) is 18.3 Å². The van der Waals surface area contributed by atoms with E-state index >= 15 is 0 Å². The molecule has 1 aliphatic rings. The van der Waals surface area contributed by atoms with Crippen LogP contribution in [0, 0.1) is 0 Å². The molecule has 1 aliphatic carbocycles. The van der Waals surface area contributed by atoms with Crippen molar-refractivity contribution in [3.05, 3.63) is 110 Å². The predicted octanol–water partition coefficient (Wildman–Crippen LogP) is 7.67. The van der Waals surface area contributed by atoms with E-state index in [-0.39, 0.29) is 5.91 Å². The number of nitrogens with zero attached hydrogens (tertiary/aromatic N) is 2. The summed E-state index contributed by atoms with van der Waals surface area (Å²) in [6.07, 6.45) is 9.90. The number of nitrogens with one attached hydrogen (secondary N) is 1. The maximum absolute atomic E-state index is 13.3. The lowest BCUT2D eigenvalue weighted by atomic mass is 9.95. The lowest BCUT2D eigenvalue weighted by Crippen LogP contribution is -2.23. The van der Waals surface area contributed by atoms with Crippen LogP contribution in [0.5, 0.6) is 0 Å². The molecule has 0 unspecified atom stereocenters. The number of carbonyl (C=O) groups is 1. The minimum absolute atomic E-state index is 0.0828. The highest BCUT2D eigenvalue weighted by Gasteiger charge is 2.25. The molecule has 0 saturated heterocycles. The van der Waals surface area contributed by atoms with E-state index < -0.39 is 0 Å². The van der Waals surface area contributed by atoms with E-state index in [1.54, 1.807) is 17.6 Å². The zero-order valence-electron chi connectivity index (χ0n) is 20.2. The largest absolute Gasteiger partial charge is 0.467 e. The number of hydrogen-bond donors (Lipinski definition) is 1. The fourth-order valence-electron chi connectivity index (χ4n) is 4.97. The molecule has 0 radical (unpaired) electrons. The van der Waals surface area contributed by atoms with Crippen molar-refractivity contribution in [2.24, 2.45) is 4.99 Å². The maximum Gasteiger partial charge on any atom is 0.255 e. The van der Waals surface area contributed by atoms with Gasteiger partial charge < -0.3 is 14.3 Å². The van der Waals surface area contributed by atoms with Crippen LogP contribution in [-0.4, -0.2) is 16.7 Å². The van der Waals surface area contributed by atoms with Crippen molar-refractivity contribution >= 4 is 55.3 Å². The van der Waals surface area contributed by atoms with E-state index in [4.69, 9.17) is 9.41 Å². The van der Waals surface area contributed by atoms with Crippen LogP contribution in [0.2, 0.25) is 0 Å². The number of fused-ring (bicyclic) bond motifs is 2. The molecule has 0 spiro atoms. The summed E-state index contributed by atoms with van der Waals surface area (Å²) in [5.41, 5.74) is 5.32. The monoisotopic (exact) mass is 571 g/mol.